The fraction of sp³-hybridized carbons (Fsp3) is 0.250. The molecule has 0 aliphatic carbocycles. The summed E-state index contributed by atoms with van der Waals surface area (Å²) in [6.07, 6.45) is 0.488. The molecule has 2 aromatic carbocycles. The van der Waals surface area contributed by atoms with E-state index in [1.165, 1.54) is 28.6 Å². The zero-order valence-electron chi connectivity index (χ0n) is 15.4. The van der Waals surface area contributed by atoms with Gasteiger partial charge in [-0.1, -0.05) is 35.4 Å². The van der Waals surface area contributed by atoms with Crippen molar-refractivity contribution in [2.24, 2.45) is 5.92 Å². The standard InChI is InChI=1S/C20H18N2O6S/c23-18-16-8-4-5-9-17(16)19(24)22(18)28-20(25)14-10-12-21(13-11-14)29(26,27)15-6-2-1-3-7-15/h1-9,14H,10-13H2. The van der Waals surface area contributed by atoms with Crippen molar-refractivity contribution in [3.63, 3.8) is 0 Å². The van der Waals surface area contributed by atoms with Crippen LogP contribution in [-0.4, -0.2) is 48.7 Å². The predicted octanol–water partition coefficient (Wildman–Crippen LogP) is 1.84. The molecule has 2 aliphatic heterocycles. The monoisotopic (exact) mass is 414 g/mol. The zero-order chi connectivity index (χ0) is 20.6. The van der Waals surface area contributed by atoms with Gasteiger partial charge in [0.1, 0.15) is 0 Å². The fourth-order valence-corrected chi connectivity index (χ4v) is 4.98. The van der Waals surface area contributed by atoms with E-state index in [4.69, 9.17) is 4.84 Å². The summed E-state index contributed by atoms with van der Waals surface area (Å²) in [5.74, 6) is -2.66. The van der Waals surface area contributed by atoms with Crippen LogP contribution in [0.25, 0.3) is 0 Å². The summed E-state index contributed by atoms with van der Waals surface area (Å²) < 4.78 is 26.7. The van der Waals surface area contributed by atoms with Crippen molar-refractivity contribution in [2.45, 2.75) is 17.7 Å². The first-order valence-electron chi connectivity index (χ1n) is 9.14. The van der Waals surface area contributed by atoms with Crippen LogP contribution in [0, 0.1) is 5.92 Å². The van der Waals surface area contributed by atoms with Gasteiger partial charge < -0.3 is 4.84 Å². The van der Waals surface area contributed by atoms with Gasteiger partial charge in [0.05, 0.1) is 21.9 Å². The Morgan fingerprint density at radius 1 is 0.862 bits per heavy atom. The van der Waals surface area contributed by atoms with Gasteiger partial charge >= 0.3 is 5.97 Å². The van der Waals surface area contributed by atoms with E-state index in [1.807, 2.05) is 0 Å². The maximum Gasteiger partial charge on any atom is 0.336 e. The van der Waals surface area contributed by atoms with Gasteiger partial charge in [0.2, 0.25) is 10.0 Å². The van der Waals surface area contributed by atoms with Gasteiger partial charge in [0.15, 0.2) is 0 Å². The molecule has 8 nitrogen and oxygen atoms in total. The number of sulfonamides is 1. The maximum atomic E-state index is 12.7. The lowest BCUT2D eigenvalue weighted by Gasteiger charge is -2.30. The summed E-state index contributed by atoms with van der Waals surface area (Å²) in [5.41, 5.74) is 0.378. The van der Waals surface area contributed by atoms with Gasteiger partial charge in [-0.15, -0.1) is 0 Å². The molecule has 2 heterocycles. The minimum Gasteiger partial charge on any atom is -0.329 e. The van der Waals surface area contributed by atoms with Crippen molar-refractivity contribution in [2.75, 3.05) is 13.1 Å². The first kappa shape index (κ1) is 19.3. The summed E-state index contributed by atoms with van der Waals surface area (Å²) in [6.45, 7) is 0.304. The number of hydrogen-bond acceptors (Lipinski definition) is 6. The molecule has 0 aromatic heterocycles. The Morgan fingerprint density at radius 3 is 1.93 bits per heavy atom. The molecule has 0 radical (unpaired) electrons. The maximum absolute atomic E-state index is 12.7. The van der Waals surface area contributed by atoms with Crippen molar-refractivity contribution < 1.29 is 27.6 Å². The molecule has 1 fully saturated rings. The summed E-state index contributed by atoms with van der Waals surface area (Å²) in [7, 11) is -3.62. The Hall–Kier alpha value is -3.04. The highest BCUT2D eigenvalue weighted by Crippen LogP contribution is 2.27. The van der Waals surface area contributed by atoms with Crippen molar-refractivity contribution in [3.8, 4) is 0 Å². The minimum atomic E-state index is -3.62. The van der Waals surface area contributed by atoms with Gasteiger partial charge in [-0.05, 0) is 37.1 Å². The molecular formula is C20H18N2O6S. The van der Waals surface area contributed by atoms with Crippen molar-refractivity contribution in [3.05, 3.63) is 65.7 Å². The highest BCUT2D eigenvalue weighted by Gasteiger charge is 2.40. The molecule has 0 unspecified atom stereocenters. The number of amides is 2. The molecule has 4 rings (SSSR count). The molecule has 0 spiro atoms. The summed E-state index contributed by atoms with van der Waals surface area (Å²) in [5, 5.41) is 0.486. The van der Waals surface area contributed by atoms with E-state index in [2.05, 4.69) is 0 Å². The van der Waals surface area contributed by atoms with E-state index in [0.29, 0.717) is 5.06 Å². The molecule has 150 valence electrons. The number of imide groups is 1. The number of piperidine rings is 1. The molecule has 2 aromatic rings. The number of carbonyl (C=O) groups excluding carboxylic acids is 3. The van der Waals surface area contributed by atoms with Crippen LogP contribution in [0.1, 0.15) is 33.6 Å². The van der Waals surface area contributed by atoms with Gasteiger partial charge in [0, 0.05) is 13.1 Å². The molecule has 0 bridgehead atoms. The van der Waals surface area contributed by atoms with E-state index in [1.54, 1.807) is 30.3 Å². The van der Waals surface area contributed by atoms with Crippen molar-refractivity contribution >= 4 is 27.8 Å². The third-order valence-corrected chi connectivity index (χ3v) is 7.02. The Kier molecular flexibility index (Phi) is 4.93. The second kappa shape index (κ2) is 7.41. The van der Waals surface area contributed by atoms with Crippen LogP contribution in [0.4, 0.5) is 0 Å². The predicted molar refractivity (Wildman–Crippen MR) is 101 cm³/mol. The smallest absolute Gasteiger partial charge is 0.329 e. The Balaban J connectivity index is 1.39. The number of rotatable bonds is 4. The van der Waals surface area contributed by atoms with E-state index in [-0.39, 0.29) is 42.0 Å². The van der Waals surface area contributed by atoms with Crippen LogP contribution in [0.5, 0.6) is 0 Å². The summed E-state index contributed by atoms with van der Waals surface area (Å²) >= 11 is 0. The highest BCUT2D eigenvalue weighted by atomic mass is 32.2. The number of carbonyl (C=O) groups is 3. The second-order valence-electron chi connectivity index (χ2n) is 6.85. The van der Waals surface area contributed by atoms with Crippen LogP contribution < -0.4 is 0 Å². The molecule has 0 N–H and O–H groups in total. The van der Waals surface area contributed by atoms with E-state index in [9.17, 15) is 22.8 Å². The average Bonchev–Trinajstić information content (AvgIpc) is 2.99. The van der Waals surface area contributed by atoms with Crippen LogP contribution >= 0.6 is 0 Å². The topological polar surface area (TPSA) is 101 Å². The third kappa shape index (κ3) is 3.43. The first-order chi connectivity index (χ1) is 13.9. The number of nitrogens with zero attached hydrogens (tertiary/aromatic N) is 2. The summed E-state index contributed by atoms with van der Waals surface area (Å²) in [4.78, 5) is 42.4. The molecule has 2 aliphatic rings. The van der Waals surface area contributed by atoms with Gasteiger partial charge in [-0.2, -0.15) is 4.31 Å². The Labute approximate surface area is 167 Å². The van der Waals surface area contributed by atoms with Crippen molar-refractivity contribution in [1.82, 2.24) is 9.37 Å². The number of hydroxylamine groups is 2. The van der Waals surface area contributed by atoms with Gasteiger partial charge in [-0.3, -0.25) is 9.59 Å². The van der Waals surface area contributed by atoms with E-state index < -0.39 is 33.7 Å². The average molecular weight is 414 g/mol. The van der Waals surface area contributed by atoms with Crippen LogP contribution in [0.3, 0.4) is 0 Å². The van der Waals surface area contributed by atoms with Crippen LogP contribution in [-0.2, 0) is 19.7 Å². The summed E-state index contributed by atoms with van der Waals surface area (Å²) in [6, 6.07) is 14.3. The number of hydrogen-bond donors (Lipinski definition) is 0. The van der Waals surface area contributed by atoms with Crippen molar-refractivity contribution in [1.29, 1.82) is 0 Å². The minimum absolute atomic E-state index is 0.152. The third-order valence-electron chi connectivity index (χ3n) is 5.11. The lowest BCUT2D eigenvalue weighted by atomic mass is 9.99. The molecular weight excluding hydrogens is 396 g/mol. The largest absolute Gasteiger partial charge is 0.336 e. The quantitative estimate of drug-likeness (QED) is 0.708. The normalized spacial score (nSPS) is 18.0. The zero-order valence-corrected chi connectivity index (χ0v) is 16.2. The highest BCUT2D eigenvalue weighted by molar-refractivity contribution is 7.89. The van der Waals surface area contributed by atoms with Crippen LogP contribution in [0.2, 0.25) is 0 Å². The molecule has 0 atom stereocenters. The Bertz CT molecular complexity index is 1040. The number of fused-ring (bicyclic) bond motifs is 1. The molecule has 29 heavy (non-hydrogen) atoms. The molecule has 2 amide bonds. The molecule has 9 heteroatoms. The second-order valence-corrected chi connectivity index (χ2v) is 8.79. The van der Waals surface area contributed by atoms with E-state index >= 15 is 0 Å². The first-order valence-corrected chi connectivity index (χ1v) is 10.6. The van der Waals surface area contributed by atoms with Crippen LogP contribution in [0.15, 0.2) is 59.5 Å². The fourth-order valence-electron chi connectivity index (χ4n) is 3.49. The lowest BCUT2D eigenvalue weighted by Crippen LogP contribution is -2.42. The van der Waals surface area contributed by atoms with Gasteiger partial charge in [0.25, 0.3) is 11.8 Å². The van der Waals surface area contributed by atoms with Gasteiger partial charge in [-0.25, -0.2) is 13.2 Å². The molecule has 0 saturated carbocycles. The molecule has 1 saturated heterocycles. The number of benzene rings is 2. The van der Waals surface area contributed by atoms with E-state index in [0.717, 1.165) is 0 Å². The SMILES string of the molecule is O=C(ON1C(=O)c2ccccc2C1=O)C1CCN(S(=O)(=O)c2ccccc2)CC1. The Morgan fingerprint density at radius 2 is 1.38 bits per heavy atom. The lowest BCUT2D eigenvalue weighted by molar-refractivity contribution is -0.175.